The molecule has 0 aromatic carbocycles. The highest BCUT2D eigenvalue weighted by atomic mass is 16.3. The normalized spacial score (nSPS) is 26.4. The number of hydrogen-bond acceptors (Lipinski definition) is 4. The molecule has 76 valence electrons. The van der Waals surface area contributed by atoms with Crippen molar-refractivity contribution in [2.45, 2.75) is 25.4 Å². The summed E-state index contributed by atoms with van der Waals surface area (Å²) in [6.45, 7) is 0.885. The van der Waals surface area contributed by atoms with Gasteiger partial charge in [-0.25, -0.2) is 0 Å². The van der Waals surface area contributed by atoms with E-state index in [0.29, 0.717) is 5.92 Å². The van der Waals surface area contributed by atoms with Gasteiger partial charge in [-0.1, -0.05) is 0 Å². The lowest BCUT2D eigenvalue weighted by Crippen LogP contribution is -2.13. The summed E-state index contributed by atoms with van der Waals surface area (Å²) in [5, 5.41) is 20.3. The molecule has 0 bridgehead atoms. The molecule has 0 saturated heterocycles. The van der Waals surface area contributed by atoms with Crippen molar-refractivity contribution in [3.05, 3.63) is 18.3 Å². The van der Waals surface area contributed by atoms with Gasteiger partial charge in [-0.3, -0.25) is 0 Å². The van der Waals surface area contributed by atoms with E-state index >= 15 is 0 Å². The number of anilines is 1. The fraction of sp³-hybridized carbons (Fsp3) is 0.600. The predicted octanol–water partition coefficient (Wildman–Crippen LogP) is 1.05. The van der Waals surface area contributed by atoms with Crippen molar-refractivity contribution < 1.29 is 5.11 Å². The van der Waals surface area contributed by atoms with Gasteiger partial charge in [-0.2, -0.15) is 5.10 Å². The van der Waals surface area contributed by atoms with Crippen LogP contribution in [0.3, 0.4) is 0 Å². The van der Waals surface area contributed by atoms with Crippen LogP contribution in [0.4, 0.5) is 5.82 Å². The average Bonchev–Trinajstić information content (AvgIpc) is 2.63. The molecule has 0 radical (unpaired) electrons. The summed E-state index contributed by atoms with van der Waals surface area (Å²) in [5.74, 6) is 1.39. The molecule has 1 aromatic rings. The summed E-state index contributed by atoms with van der Waals surface area (Å²) < 4.78 is 0. The first-order chi connectivity index (χ1) is 6.84. The lowest BCUT2D eigenvalue weighted by molar-refractivity contribution is 0.178. The number of hydrogen-bond donors (Lipinski definition) is 2. The van der Waals surface area contributed by atoms with Gasteiger partial charge < -0.3 is 10.4 Å². The number of aliphatic hydroxyl groups excluding tert-OH is 1. The van der Waals surface area contributed by atoms with Crippen molar-refractivity contribution in [2.24, 2.45) is 5.92 Å². The van der Waals surface area contributed by atoms with Gasteiger partial charge in [-0.15, -0.1) is 5.10 Å². The number of nitrogens with zero attached hydrogens (tertiary/aromatic N) is 2. The minimum absolute atomic E-state index is 0.0938. The van der Waals surface area contributed by atoms with Crippen LogP contribution >= 0.6 is 0 Å². The topological polar surface area (TPSA) is 58.0 Å². The molecule has 2 rings (SSSR count). The molecule has 1 aromatic heterocycles. The first kappa shape index (κ1) is 9.40. The second kappa shape index (κ2) is 4.37. The zero-order valence-corrected chi connectivity index (χ0v) is 8.06. The van der Waals surface area contributed by atoms with Gasteiger partial charge in [0.05, 0.1) is 6.10 Å². The largest absolute Gasteiger partial charge is 0.393 e. The molecule has 1 fully saturated rings. The molecular formula is C10H15N3O. The fourth-order valence-corrected chi connectivity index (χ4v) is 1.88. The van der Waals surface area contributed by atoms with E-state index in [1.165, 1.54) is 0 Å². The van der Waals surface area contributed by atoms with Gasteiger partial charge in [0.15, 0.2) is 0 Å². The summed E-state index contributed by atoms with van der Waals surface area (Å²) in [7, 11) is 0. The Morgan fingerprint density at radius 3 is 3.07 bits per heavy atom. The molecule has 2 unspecified atom stereocenters. The van der Waals surface area contributed by atoms with Crippen LogP contribution in [0.5, 0.6) is 0 Å². The fourth-order valence-electron chi connectivity index (χ4n) is 1.88. The van der Waals surface area contributed by atoms with E-state index in [9.17, 15) is 5.11 Å². The molecule has 1 saturated carbocycles. The molecule has 14 heavy (non-hydrogen) atoms. The molecule has 4 nitrogen and oxygen atoms in total. The lowest BCUT2D eigenvalue weighted by atomic mass is 10.1. The second-order valence-electron chi connectivity index (χ2n) is 3.82. The maximum Gasteiger partial charge on any atom is 0.148 e. The number of aromatic nitrogens is 2. The van der Waals surface area contributed by atoms with Crippen molar-refractivity contribution in [3.8, 4) is 0 Å². The Bertz CT molecular complexity index is 278. The molecule has 1 aliphatic carbocycles. The SMILES string of the molecule is OC1CCC(CNc2cccnn2)C1. The van der Waals surface area contributed by atoms with E-state index < -0.39 is 0 Å². The quantitative estimate of drug-likeness (QED) is 0.753. The van der Waals surface area contributed by atoms with Crippen LogP contribution in [0.25, 0.3) is 0 Å². The minimum Gasteiger partial charge on any atom is -0.393 e. The van der Waals surface area contributed by atoms with Gasteiger partial charge in [-0.05, 0) is 37.3 Å². The van der Waals surface area contributed by atoms with Gasteiger partial charge in [0.25, 0.3) is 0 Å². The molecule has 4 heteroatoms. The Hall–Kier alpha value is -1.16. The zero-order valence-electron chi connectivity index (χ0n) is 8.06. The maximum atomic E-state index is 9.34. The molecule has 2 atom stereocenters. The number of aliphatic hydroxyl groups is 1. The smallest absolute Gasteiger partial charge is 0.148 e. The highest BCUT2D eigenvalue weighted by Gasteiger charge is 2.22. The van der Waals surface area contributed by atoms with Crippen LogP contribution in [-0.2, 0) is 0 Å². The second-order valence-corrected chi connectivity index (χ2v) is 3.82. The Balaban J connectivity index is 1.78. The highest BCUT2D eigenvalue weighted by Crippen LogP contribution is 2.25. The third-order valence-electron chi connectivity index (χ3n) is 2.66. The molecule has 0 spiro atoms. The van der Waals surface area contributed by atoms with Crippen LogP contribution in [0.1, 0.15) is 19.3 Å². The number of rotatable bonds is 3. The Kier molecular flexibility index (Phi) is 2.93. The first-order valence-corrected chi connectivity index (χ1v) is 5.04. The molecule has 0 aliphatic heterocycles. The van der Waals surface area contributed by atoms with E-state index in [1.807, 2.05) is 12.1 Å². The monoisotopic (exact) mass is 193 g/mol. The summed E-state index contributed by atoms with van der Waals surface area (Å²) >= 11 is 0. The third-order valence-corrected chi connectivity index (χ3v) is 2.66. The van der Waals surface area contributed by atoms with Gasteiger partial charge in [0.1, 0.15) is 5.82 Å². The average molecular weight is 193 g/mol. The van der Waals surface area contributed by atoms with Crippen molar-refractivity contribution in [1.82, 2.24) is 10.2 Å². The summed E-state index contributed by atoms with van der Waals surface area (Å²) in [6, 6.07) is 3.76. The van der Waals surface area contributed by atoms with Crippen LogP contribution in [0, 0.1) is 5.92 Å². The third kappa shape index (κ3) is 2.42. The molecule has 1 heterocycles. The van der Waals surface area contributed by atoms with E-state index in [0.717, 1.165) is 31.6 Å². The predicted molar refractivity (Wildman–Crippen MR) is 53.9 cm³/mol. The van der Waals surface area contributed by atoms with Crippen molar-refractivity contribution in [1.29, 1.82) is 0 Å². The van der Waals surface area contributed by atoms with E-state index in [2.05, 4.69) is 15.5 Å². The van der Waals surface area contributed by atoms with Gasteiger partial charge in [0, 0.05) is 12.7 Å². The van der Waals surface area contributed by atoms with Crippen molar-refractivity contribution in [2.75, 3.05) is 11.9 Å². The standard InChI is InChI=1S/C10H15N3O/c14-9-4-3-8(6-9)7-11-10-2-1-5-12-13-10/h1-2,5,8-9,14H,3-4,6-7H2,(H,11,13). The Morgan fingerprint density at radius 1 is 1.50 bits per heavy atom. The number of nitrogens with one attached hydrogen (secondary N) is 1. The van der Waals surface area contributed by atoms with E-state index in [-0.39, 0.29) is 6.10 Å². The summed E-state index contributed by atoms with van der Waals surface area (Å²) in [4.78, 5) is 0. The highest BCUT2D eigenvalue weighted by molar-refractivity contribution is 5.31. The van der Waals surface area contributed by atoms with Crippen LogP contribution < -0.4 is 5.32 Å². The zero-order chi connectivity index (χ0) is 9.80. The molecule has 2 N–H and O–H groups in total. The Labute approximate surface area is 83.4 Å². The van der Waals surface area contributed by atoms with Crippen LogP contribution in [0.2, 0.25) is 0 Å². The van der Waals surface area contributed by atoms with Gasteiger partial charge in [0.2, 0.25) is 0 Å². The van der Waals surface area contributed by atoms with Gasteiger partial charge >= 0.3 is 0 Å². The molecular weight excluding hydrogens is 178 g/mol. The van der Waals surface area contributed by atoms with Crippen molar-refractivity contribution in [3.63, 3.8) is 0 Å². The molecule has 0 amide bonds. The maximum absolute atomic E-state index is 9.34. The van der Waals surface area contributed by atoms with E-state index in [4.69, 9.17) is 0 Å². The van der Waals surface area contributed by atoms with E-state index in [1.54, 1.807) is 6.20 Å². The van der Waals surface area contributed by atoms with Crippen molar-refractivity contribution >= 4 is 5.82 Å². The van der Waals surface area contributed by atoms with Crippen LogP contribution in [-0.4, -0.2) is 28.0 Å². The summed E-state index contributed by atoms with van der Waals surface area (Å²) in [5.41, 5.74) is 0. The molecule has 1 aliphatic rings. The lowest BCUT2D eigenvalue weighted by Gasteiger charge is -2.10. The first-order valence-electron chi connectivity index (χ1n) is 5.04. The Morgan fingerprint density at radius 2 is 2.43 bits per heavy atom. The van der Waals surface area contributed by atoms with Crippen LogP contribution in [0.15, 0.2) is 18.3 Å². The minimum atomic E-state index is -0.0938. The summed E-state index contributed by atoms with van der Waals surface area (Å²) in [6.07, 6.45) is 4.52.